The van der Waals surface area contributed by atoms with Crippen molar-refractivity contribution in [2.24, 2.45) is 0 Å². The number of hydrogen-bond acceptors (Lipinski definition) is 2. The fourth-order valence-electron chi connectivity index (χ4n) is 1.48. The van der Waals surface area contributed by atoms with Crippen LogP contribution in [0.25, 0.3) is 10.8 Å². The summed E-state index contributed by atoms with van der Waals surface area (Å²) >= 11 is 11.9. The van der Waals surface area contributed by atoms with Gasteiger partial charge in [-0.05, 0) is 23.6 Å². The van der Waals surface area contributed by atoms with Crippen LogP contribution in [0.2, 0.25) is 10.0 Å². The van der Waals surface area contributed by atoms with E-state index in [1.54, 1.807) is 12.1 Å². The summed E-state index contributed by atoms with van der Waals surface area (Å²) in [5, 5.41) is 10.9. The Morgan fingerprint density at radius 2 is 1.94 bits per heavy atom. The summed E-state index contributed by atoms with van der Waals surface area (Å²) < 4.78 is 0. The number of benzene rings is 2. The van der Waals surface area contributed by atoms with Crippen LogP contribution in [0.3, 0.4) is 0 Å². The van der Waals surface area contributed by atoms with Gasteiger partial charge >= 0.3 is 5.97 Å². The molecule has 0 unspecified atom stereocenters. The zero-order valence-corrected chi connectivity index (χ0v) is 9.51. The van der Waals surface area contributed by atoms with Gasteiger partial charge in [-0.1, -0.05) is 29.3 Å². The third-order valence-corrected chi connectivity index (χ3v) is 3.03. The van der Waals surface area contributed by atoms with E-state index in [4.69, 9.17) is 34.0 Å². The summed E-state index contributed by atoms with van der Waals surface area (Å²) in [6.07, 6.45) is 0. The van der Waals surface area contributed by atoms with E-state index in [9.17, 15) is 4.79 Å². The molecule has 16 heavy (non-hydrogen) atoms. The zero-order valence-electron chi connectivity index (χ0n) is 8.00. The summed E-state index contributed by atoms with van der Waals surface area (Å²) in [4.78, 5) is 10.8. The number of halogens is 2. The SMILES string of the molecule is Nc1c(Cl)cc2cc(C(=O)O)ccc2c1Cl. The smallest absolute Gasteiger partial charge is 0.335 e. The van der Waals surface area contributed by atoms with Gasteiger partial charge in [-0.3, -0.25) is 0 Å². The highest BCUT2D eigenvalue weighted by Gasteiger charge is 2.10. The molecule has 0 atom stereocenters. The Labute approximate surface area is 101 Å². The maximum atomic E-state index is 10.8. The van der Waals surface area contributed by atoms with Crippen LogP contribution in [0.5, 0.6) is 0 Å². The molecule has 2 aromatic carbocycles. The molecular formula is C11H7Cl2NO2. The van der Waals surface area contributed by atoms with Crippen LogP contribution in [0, 0.1) is 0 Å². The summed E-state index contributed by atoms with van der Waals surface area (Å²) in [5.74, 6) is -0.994. The first-order valence-corrected chi connectivity index (χ1v) is 5.17. The van der Waals surface area contributed by atoms with Gasteiger partial charge in [-0.15, -0.1) is 0 Å². The number of rotatable bonds is 1. The molecule has 0 spiro atoms. The van der Waals surface area contributed by atoms with E-state index in [0.29, 0.717) is 26.5 Å². The van der Waals surface area contributed by atoms with E-state index in [0.717, 1.165) is 0 Å². The highest BCUT2D eigenvalue weighted by molar-refractivity contribution is 6.42. The molecule has 0 saturated carbocycles. The summed E-state index contributed by atoms with van der Waals surface area (Å²) in [5.41, 5.74) is 6.15. The monoisotopic (exact) mass is 255 g/mol. The van der Waals surface area contributed by atoms with Crippen molar-refractivity contribution in [3.05, 3.63) is 39.9 Å². The number of carbonyl (C=O) groups is 1. The number of nitrogens with two attached hydrogens (primary N) is 1. The molecule has 0 amide bonds. The molecule has 0 radical (unpaired) electrons. The predicted octanol–water partition coefficient (Wildman–Crippen LogP) is 3.43. The fraction of sp³-hybridized carbons (Fsp3) is 0. The Hall–Kier alpha value is -1.45. The van der Waals surface area contributed by atoms with Gasteiger partial charge in [0.2, 0.25) is 0 Å². The van der Waals surface area contributed by atoms with Crippen LogP contribution in [-0.2, 0) is 0 Å². The van der Waals surface area contributed by atoms with Gasteiger partial charge in [0, 0.05) is 5.39 Å². The maximum absolute atomic E-state index is 10.8. The zero-order chi connectivity index (χ0) is 11.9. The number of carboxylic acids is 1. The van der Waals surface area contributed by atoms with Crippen LogP contribution in [0.1, 0.15) is 10.4 Å². The van der Waals surface area contributed by atoms with E-state index < -0.39 is 5.97 Å². The number of carboxylic acid groups (broad SMARTS) is 1. The largest absolute Gasteiger partial charge is 0.478 e. The van der Waals surface area contributed by atoms with E-state index >= 15 is 0 Å². The molecule has 0 aliphatic carbocycles. The molecule has 0 aliphatic rings. The first kappa shape index (κ1) is 11.0. The Bertz CT molecular complexity index is 596. The van der Waals surface area contributed by atoms with Gasteiger partial charge < -0.3 is 10.8 Å². The second kappa shape index (κ2) is 3.85. The molecule has 0 fully saturated rings. The summed E-state index contributed by atoms with van der Waals surface area (Å²) in [6.45, 7) is 0. The van der Waals surface area contributed by atoms with Gasteiger partial charge in [0.1, 0.15) is 0 Å². The van der Waals surface area contributed by atoms with Crippen molar-refractivity contribution < 1.29 is 9.90 Å². The Morgan fingerprint density at radius 3 is 2.56 bits per heavy atom. The van der Waals surface area contributed by atoms with Crippen LogP contribution in [0.15, 0.2) is 24.3 Å². The molecule has 0 aromatic heterocycles. The van der Waals surface area contributed by atoms with Crippen molar-refractivity contribution in [1.82, 2.24) is 0 Å². The fourth-order valence-corrected chi connectivity index (χ4v) is 2.01. The maximum Gasteiger partial charge on any atom is 0.335 e. The lowest BCUT2D eigenvalue weighted by molar-refractivity contribution is 0.0697. The second-order valence-electron chi connectivity index (χ2n) is 3.33. The number of hydrogen-bond donors (Lipinski definition) is 2. The molecule has 5 heteroatoms. The van der Waals surface area contributed by atoms with Gasteiger partial charge in [-0.2, -0.15) is 0 Å². The minimum atomic E-state index is -0.994. The molecule has 0 aliphatic heterocycles. The predicted molar refractivity (Wildman–Crippen MR) is 65.3 cm³/mol. The van der Waals surface area contributed by atoms with Crippen molar-refractivity contribution in [2.45, 2.75) is 0 Å². The number of fused-ring (bicyclic) bond motifs is 1. The number of anilines is 1. The van der Waals surface area contributed by atoms with Gasteiger partial charge in [0.05, 0.1) is 21.3 Å². The van der Waals surface area contributed by atoms with E-state index in [-0.39, 0.29) is 5.56 Å². The minimum Gasteiger partial charge on any atom is -0.478 e. The first-order chi connectivity index (χ1) is 7.50. The van der Waals surface area contributed by atoms with Gasteiger partial charge in [0.15, 0.2) is 0 Å². The Kier molecular flexibility index (Phi) is 2.66. The third-order valence-electron chi connectivity index (χ3n) is 2.31. The highest BCUT2D eigenvalue weighted by Crippen LogP contribution is 2.35. The quantitative estimate of drug-likeness (QED) is 0.768. The molecule has 0 heterocycles. The third kappa shape index (κ3) is 1.68. The van der Waals surface area contributed by atoms with Crippen LogP contribution in [0.4, 0.5) is 5.69 Å². The topological polar surface area (TPSA) is 63.3 Å². The van der Waals surface area contributed by atoms with Gasteiger partial charge in [-0.25, -0.2) is 4.79 Å². The average Bonchev–Trinajstić information content (AvgIpc) is 2.25. The van der Waals surface area contributed by atoms with Crippen molar-refractivity contribution in [3.63, 3.8) is 0 Å². The number of nitrogen functional groups attached to an aromatic ring is 1. The van der Waals surface area contributed by atoms with Crippen molar-refractivity contribution >= 4 is 45.6 Å². The average molecular weight is 256 g/mol. The first-order valence-electron chi connectivity index (χ1n) is 4.41. The molecular weight excluding hydrogens is 249 g/mol. The van der Waals surface area contributed by atoms with E-state index in [1.807, 2.05) is 0 Å². The second-order valence-corrected chi connectivity index (χ2v) is 4.11. The molecule has 3 nitrogen and oxygen atoms in total. The standard InChI is InChI=1S/C11H7Cl2NO2/c12-8-4-6-3-5(11(15)16)1-2-7(6)9(13)10(8)14/h1-4H,14H2,(H,15,16). The summed E-state index contributed by atoms with van der Waals surface area (Å²) in [7, 11) is 0. The molecule has 2 rings (SSSR count). The molecule has 0 saturated heterocycles. The number of aromatic carboxylic acids is 1. The Morgan fingerprint density at radius 1 is 1.25 bits per heavy atom. The normalized spacial score (nSPS) is 10.6. The molecule has 0 bridgehead atoms. The van der Waals surface area contributed by atoms with E-state index in [1.165, 1.54) is 12.1 Å². The van der Waals surface area contributed by atoms with Crippen LogP contribution in [-0.4, -0.2) is 11.1 Å². The van der Waals surface area contributed by atoms with Crippen LogP contribution >= 0.6 is 23.2 Å². The molecule has 2 aromatic rings. The lowest BCUT2D eigenvalue weighted by Gasteiger charge is -2.06. The van der Waals surface area contributed by atoms with Crippen LogP contribution < -0.4 is 5.73 Å². The highest BCUT2D eigenvalue weighted by atomic mass is 35.5. The van der Waals surface area contributed by atoms with Crippen molar-refractivity contribution in [2.75, 3.05) is 5.73 Å². The molecule has 82 valence electrons. The van der Waals surface area contributed by atoms with Crippen molar-refractivity contribution in [3.8, 4) is 0 Å². The summed E-state index contributed by atoms with van der Waals surface area (Å²) in [6, 6.07) is 6.21. The minimum absolute atomic E-state index is 0.185. The lowest BCUT2D eigenvalue weighted by atomic mass is 10.1. The van der Waals surface area contributed by atoms with Gasteiger partial charge in [0.25, 0.3) is 0 Å². The molecule has 3 N–H and O–H groups in total. The van der Waals surface area contributed by atoms with E-state index in [2.05, 4.69) is 0 Å². The Balaban J connectivity index is 2.81. The lowest BCUT2D eigenvalue weighted by Crippen LogP contribution is -1.96. The van der Waals surface area contributed by atoms with Crippen molar-refractivity contribution in [1.29, 1.82) is 0 Å².